The van der Waals surface area contributed by atoms with E-state index in [1.54, 1.807) is 0 Å². The van der Waals surface area contributed by atoms with Gasteiger partial charge in [0.2, 0.25) is 0 Å². The van der Waals surface area contributed by atoms with Gasteiger partial charge in [-0.2, -0.15) is 0 Å². The lowest BCUT2D eigenvalue weighted by Gasteiger charge is -2.14. The van der Waals surface area contributed by atoms with Crippen molar-refractivity contribution < 1.29 is 0 Å². The largest absolute Gasteiger partial charge is 0.346 e. The van der Waals surface area contributed by atoms with Crippen LogP contribution in [0.25, 0.3) is 0 Å². The smallest absolute Gasteiger partial charge is 0.109 e. The highest BCUT2D eigenvalue weighted by Crippen LogP contribution is 2.28. The van der Waals surface area contributed by atoms with E-state index in [0.29, 0.717) is 5.92 Å². The topological polar surface area (TPSA) is 28.7 Å². The molecule has 0 saturated carbocycles. The number of hydrogen-bond acceptors (Lipinski definition) is 1. The lowest BCUT2D eigenvalue weighted by molar-refractivity contribution is 0.479. The Hall–Kier alpha value is -0.790. The number of aryl methyl sites for hydroxylation is 2. The molecule has 0 radical (unpaired) electrons. The zero-order valence-electron chi connectivity index (χ0n) is 16.2. The quantitative estimate of drug-likeness (QED) is 0.364. The fourth-order valence-corrected chi connectivity index (χ4v) is 3.42. The first-order valence-corrected chi connectivity index (χ1v) is 10.3. The van der Waals surface area contributed by atoms with Crippen LogP contribution in [0.5, 0.6) is 0 Å². The minimum Gasteiger partial charge on any atom is -0.346 e. The summed E-state index contributed by atoms with van der Waals surface area (Å²) in [6.07, 6.45) is 17.2. The van der Waals surface area contributed by atoms with Gasteiger partial charge in [-0.15, -0.1) is 0 Å². The molecule has 134 valence electrons. The Kier molecular flexibility index (Phi) is 11.1. The van der Waals surface area contributed by atoms with E-state index in [0.717, 1.165) is 6.42 Å². The van der Waals surface area contributed by atoms with Crippen LogP contribution in [0.2, 0.25) is 0 Å². The molecule has 1 rings (SSSR count). The molecular formula is C21H40N2. The lowest BCUT2D eigenvalue weighted by Crippen LogP contribution is -2.02. The predicted molar refractivity (Wildman–Crippen MR) is 102 cm³/mol. The SMILES string of the molecule is CCCCCCCC(CCCCCC)c1nc(CCC)c(C)[nH]1. The van der Waals surface area contributed by atoms with Gasteiger partial charge >= 0.3 is 0 Å². The van der Waals surface area contributed by atoms with E-state index in [1.165, 1.54) is 94.3 Å². The first kappa shape index (κ1) is 20.3. The Bertz CT molecular complexity index is 395. The average Bonchev–Trinajstić information content (AvgIpc) is 2.90. The number of rotatable bonds is 14. The van der Waals surface area contributed by atoms with Gasteiger partial charge in [0.25, 0.3) is 0 Å². The van der Waals surface area contributed by atoms with Gasteiger partial charge in [0, 0.05) is 11.6 Å². The summed E-state index contributed by atoms with van der Waals surface area (Å²) in [5, 5.41) is 0. The first-order chi connectivity index (χ1) is 11.2. The number of imidazole rings is 1. The molecule has 23 heavy (non-hydrogen) atoms. The van der Waals surface area contributed by atoms with E-state index in [-0.39, 0.29) is 0 Å². The van der Waals surface area contributed by atoms with Crippen LogP contribution in [0.15, 0.2) is 0 Å². The maximum absolute atomic E-state index is 4.96. The normalized spacial score (nSPS) is 12.7. The van der Waals surface area contributed by atoms with Gasteiger partial charge in [-0.3, -0.25) is 0 Å². The number of hydrogen-bond donors (Lipinski definition) is 1. The first-order valence-electron chi connectivity index (χ1n) is 10.3. The summed E-state index contributed by atoms with van der Waals surface area (Å²) in [5.41, 5.74) is 2.60. The predicted octanol–water partition coefficient (Wildman–Crippen LogP) is 7.09. The van der Waals surface area contributed by atoms with E-state index < -0.39 is 0 Å². The molecule has 0 fully saturated rings. The van der Waals surface area contributed by atoms with E-state index in [2.05, 4.69) is 32.7 Å². The average molecular weight is 321 g/mol. The van der Waals surface area contributed by atoms with Crippen molar-refractivity contribution in [1.29, 1.82) is 0 Å². The second-order valence-electron chi connectivity index (χ2n) is 7.19. The van der Waals surface area contributed by atoms with Gasteiger partial charge in [0.05, 0.1) is 5.69 Å². The van der Waals surface area contributed by atoms with Crippen molar-refractivity contribution in [3.8, 4) is 0 Å². The zero-order valence-corrected chi connectivity index (χ0v) is 16.2. The van der Waals surface area contributed by atoms with Crippen LogP contribution in [0, 0.1) is 6.92 Å². The zero-order chi connectivity index (χ0) is 16.9. The van der Waals surface area contributed by atoms with Crippen molar-refractivity contribution in [2.45, 2.75) is 117 Å². The summed E-state index contributed by atoms with van der Waals surface area (Å²) in [6.45, 7) is 9.01. The van der Waals surface area contributed by atoms with Crippen molar-refractivity contribution in [2.24, 2.45) is 0 Å². The number of unbranched alkanes of at least 4 members (excludes halogenated alkanes) is 7. The van der Waals surface area contributed by atoms with Gasteiger partial charge in [-0.05, 0) is 26.2 Å². The van der Waals surface area contributed by atoms with Crippen molar-refractivity contribution in [3.05, 3.63) is 17.2 Å². The van der Waals surface area contributed by atoms with Crippen LogP contribution in [0.1, 0.15) is 121 Å². The maximum Gasteiger partial charge on any atom is 0.109 e. The summed E-state index contributed by atoms with van der Waals surface area (Å²) in [5.74, 6) is 1.93. The molecule has 0 aliphatic heterocycles. The van der Waals surface area contributed by atoms with E-state index in [1.807, 2.05) is 0 Å². The number of aromatic nitrogens is 2. The number of nitrogens with zero attached hydrogens (tertiary/aromatic N) is 1. The molecule has 0 aliphatic rings. The Balaban J connectivity index is 2.56. The van der Waals surface area contributed by atoms with Crippen LogP contribution in [0.4, 0.5) is 0 Å². The molecular weight excluding hydrogens is 280 g/mol. The number of H-pyrrole nitrogens is 1. The lowest BCUT2D eigenvalue weighted by atomic mass is 9.93. The Morgan fingerprint density at radius 2 is 1.35 bits per heavy atom. The van der Waals surface area contributed by atoms with E-state index in [9.17, 15) is 0 Å². The van der Waals surface area contributed by atoms with Crippen LogP contribution in [-0.2, 0) is 6.42 Å². The second kappa shape index (κ2) is 12.6. The Morgan fingerprint density at radius 3 is 1.91 bits per heavy atom. The molecule has 0 aliphatic carbocycles. The molecule has 1 heterocycles. The van der Waals surface area contributed by atoms with Crippen molar-refractivity contribution in [3.63, 3.8) is 0 Å². The van der Waals surface area contributed by atoms with E-state index in [4.69, 9.17) is 4.98 Å². The molecule has 2 heteroatoms. The fraction of sp³-hybridized carbons (Fsp3) is 0.857. The third-order valence-electron chi connectivity index (χ3n) is 4.94. The summed E-state index contributed by atoms with van der Waals surface area (Å²) in [7, 11) is 0. The van der Waals surface area contributed by atoms with Gasteiger partial charge in [0.1, 0.15) is 5.82 Å². The summed E-state index contributed by atoms with van der Waals surface area (Å²) < 4.78 is 0. The molecule has 0 amide bonds. The van der Waals surface area contributed by atoms with Crippen LogP contribution in [-0.4, -0.2) is 9.97 Å². The summed E-state index contributed by atoms with van der Waals surface area (Å²) in [4.78, 5) is 8.57. The Morgan fingerprint density at radius 1 is 0.783 bits per heavy atom. The number of aromatic amines is 1. The maximum atomic E-state index is 4.96. The van der Waals surface area contributed by atoms with Crippen molar-refractivity contribution in [1.82, 2.24) is 9.97 Å². The van der Waals surface area contributed by atoms with Crippen LogP contribution >= 0.6 is 0 Å². The fourth-order valence-electron chi connectivity index (χ4n) is 3.42. The molecule has 1 N–H and O–H groups in total. The molecule has 1 atom stereocenters. The minimum atomic E-state index is 0.651. The monoisotopic (exact) mass is 320 g/mol. The third kappa shape index (κ3) is 8.04. The van der Waals surface area contributed by atoms with Gasteiger partial charge in [-0.25, -0.2) is 4.98 Å². The highest BCUT2D eigenvalue weighted by molar-refractivity contribution is 5.15. The molecule has 1 aromatic rings. The molecule has 0 bridgehead atoms. The Labute approximate surface area is 144 Å². The van der Waals surface area contributed by atoms with Crippen molar-refractivity contribution in [2.75, 3.05) is 0 Å². The molecule has 1 unspecified atom stereocenters. The highest BCUT2D eigenvalue weighted by atomic mass is 14.9. The molecule has 2 nitrogen and oxygen atoms in total. The summed E-state index contributed by atoms with van der Waals surface area (Å²) >= 11 is 0. The molecule has 1 aromatic heterocycles. The molecule has 0 saturated heterocycles. The van der Waals surface area contributed by atoms with E-state index >= 15 is 0 Å². The van der Waals surface area contributed by atoms with Gasteiger partial charge < -0.3 is 4.98 Å². The van der Waals surface area contributed by atoms with Crippen molar-refractivity contribution >= 4 is 0 Å². The number of nitrogens with one attached hydrogen (secondary N) is 1. The summed E-state index contributed by atoms with van der Waals surface area (Å²) in [6, 6.07) is 0. The minimum absolute atomic E-state index is 0.651. The standard InChI is InChI=1S/C21H40N2/c1-5-8-10-12-14-17-19(16-13-11-9-6-2)21-22-18(4)20(23-21)15-7-3/h19H,5-17H2,1-4H3,(H,22,23). The van der Waals surface area contributed by atoms with Gasteiger partial charge in [0.15, 0.2) is 0 Å². The molecule has 0 aromatic carbocycles. The highest BCUT2D eigenvalue weighted by Gasteiger charge is 2.16. The molecule has 0 spiro atoms. The van der Waals surface area contributed by atoms with Crippen LogP contribution < -0.4 is 0 Å². The van der Waals surface area contributed by atoms with Gasteiger partial charge in [-0.1, -0.05) is 85.0 Å². The van der Waals surface area contributed by atoms with Crippen LogP contribution in [0.3, 0.4) is 0 Å². The third-order valence-corrected chi connectivity index (χ3v) is 4.94. The second-order valence-corrected chi connectivity index (χ2v) is 7.19.